The van der Waals surface area contributed by atoms with Crippen LogP contribution in [0.5, 0.6) is 0 Å². The van der Waals surface area contributed by atoms with E-state index in [1.54, 1.807) is 18.2 Å². The normalized spacial score (nSPS) is 23.1. The van der Waals surface area contributed by atoms with Crippen LogP contribution in [-0.4, -0.2) is 24.5 Å². The number of carbonyl (C=O) groups is 1. The number of benzene rings is 1. The molecule has 0 spiro atoms. The molecule has 0 bridgehead atoms. The van der Waals surface area contributed by atoms with Gasteiger partial charge in [0.05, 0.1) is 6.42 Å². The lowest BCUT2D eigenvalue weighted by molar-refractivity contribution is -0.121. The molecule has 2 unspecified atom stereocenters. The van der Waals surface area contributed by atoms with E-state index in [0.717, 1.165) is 19.4 Å². The molecule has 5 heteroatoms. The van der Waals surface area contributed by atoms with Gasteiger partial charge in [0.15, 0.2) is 0 Å². The molecule has 2 atom stereocenters. The Balaban J connectivity index is 1.94. The van der Waals surface area contributed by atoms with Gasteiger partial charge in [-0.3, -0.25) is 4.79 Å². The molecule has 2 rings (SSSR count). The fraction of sp³-hybridized carbons (Fsp3) is 0.500. The van der Waals surface area contributed by atoms with Crippen LogP contribution in [0, 0.1) is 0 Å². The molecule has 0 radical (unpaired) electrons. The molecule has 0 aliphatic carbocycles. The minimum Gasteiger partial charge on any atom is -0.353 e. The number of amides is 1. The Morgan fingerprint density at radius 2 is 2.11 bits per heavy atom. The molecule has 0 aromatic heterocycles. The van der Waals surface area contributed by atoms with E-state index in [-0.39, 0.29) is 18.4 Å². The average Bonchev–Trinajstić information content (AvgIpc) is 2.34. The van der Waals surface area contributed by atoms with Crippen LogP contribution in [-0.2, 0) is 11.2 Å². The van der Waals surface area contributed by atoms with Crippen molar-refractivity contribution in [1.82, 2.24) is 10.6 Å². The summed E-state index contributed by atoms with van der Waals surface area (Å²) in [5, 5.41) is 7.50. The first-order valence-corrected chi connectivity index (χ1v) is 7.27. The number of hydrogen-bond donors (Lipinski definition) is 2. The molecule has 1 aromatic rings. The van der Waals surface area contributed by atoms with Crippen LogP contribution >= 0.6 is 23.2 Å². The molecule has 1 amide bonds. The van der Waals surface area contributed by atoms with Gasteiger partial charge in [0.1, 0.15) is 0 Å². The summed E-state index contributed by atoms with van der Waals surface area (Å²) < 4.78 is 0. The zero-order chi connectivity index (χ0) is 13.8. The van der Waals surface area contributed by atoms with Gasteiger partial charge >= 0.3 is 0 Å². The number of hydrogen-bond acceptors (Lipinski definition) is 2. The van der Waals surface area contributed by atoms with Crippen LogP contribution in [0.25, 0.3) is 0 Å². The molecule has 1 heterocycles. The van der Waals surface area contributed by atoms with Crippen LogP contribution in [0.3, 0.4) is 0 Å². The Hall–Kier alpha value is -0.770. The van der Waals surface area contributed by atoms with E-state index < -0.39 is 0 Å². The fourth-order valence-electron chi connectivity index (χ4n) is 2.40. The topological polar surface area (TPSA) is 41.1 Å². The summed E-state index contributed by atoms with van der Waals surface area (Å²) in [4.78, 5) is 12.0. The number of nitrogens with one attached hydrogen (secondary N) is 2. The quantitative estimate of drug-likeness (QED) is 0.901. The number of rotatable bonds is 3. The number of carbonyl (C=O) groups excluding carboxylic acids is 1. The predicted molar refractivity (Wildman–Crippen MR) is 78.8 cm³/mol. The molecule has 2 N–H and O–H groups in total. The summed E-state index contributed by atoms with van der Waals surface area (Å²) in [7, 11) is 0. The maximum Gasteiger partial charge on any atom is 0.224 e. The van der Waals surface area contributed by atoms with E-state index in [9.17, 15) is 4.79 Å². The monoisotopic (exact) mass is 300 g/mol. The number of piperidine rings is 1. The second-order valence-electron chi connectivity index (χ2n) is 5.02. The smallest absolute Gasteiger partial charge is 0.224 e. The van der Waals surface area contributed by atoms with Crippen LogP contribution in [0.4, 0.5) is 0 Å². The minimum absolute atomic E-state index is 0.0194. The minimum atomic E-state index is -0.0194. The zero-order valence-electron chi connectivity index (χ0n) is 10.9. The summed E-state index contributed by atoms with van der Waals surface area (Å²) in [6, 6.07) is 5.97. The van der Waals surface area contributed by atoms with Crippen molar-refractivity contribution in [3.63, 3.8) is 0 Å². The lowest BCUT2D eigenvalue weighted by atomic mass is 10.0. The van der Waals surface area contributed by atoms with E-state index in [4.69, 9.17) is 23.2 Å². The molecule has 1 aliphatic rings. The molecule has 0 saturated carbocycles. The van der Waals surface area contributed by atoms with Crippen LogP contribution in [0.2, 0.25) is 10.0 Å². The summed E-state index contributed by atoms with van der Waals surface area (Å²) in [5.74, 6) is -0.0194. The molecule has 1 aromatic carbocycles. The maximum atomic E-state index is 12.0. The van der Waals surface area contributed by atoms with E-state index >= 15 is 0 Å². The molecular formula is C14H18Cl2N2O. The Bertz CT molecular complexity index is 445. The SMILES string of the molecule is CC1CC(NC(=O)Cc2c(Cl)cccc2Cl)CCN1. The summed E-state index contributed by atoms with van der Waals surface area (Å²) in [6.07, 6.45) is 2.16. The van der Waals surface area contributed by atoms with Crippen molar-refractivity contribution in [2.75, 3.05) is 6.54 Å². The van der Waals surface area contributed by atoms with Gasteiger partial charge < -0.3 is 10.6 Å². The number of halogens is 2. The van der Waals surface area contributed by atoms with Gasteiger partial charge in [0.2, 0.25) is 5.91 Å². The summed E-state index contributed by atoms with van der Waals surface area (Å²) >= 11 is 12.1. The fourth-order valence-corrected chi connectivity index (χ4v) is 2.93. The van der Waals surface area contributed by atoms with Crippen molar-refractivity contribution in [2.45, 2.75) is 38.3 Å². The first-order valence-electron chi connectivity index (χ1n) is 6.52. The van der Waals surface area contributed by atoms with Crippen molar-refractivity contribution >= 4 is 29.1 Å². The standard InChI is InChI=1S/C14H18Cl2N2O/c1-9-7-10(5-6-17-9)18-14(19)8-11-12(15)3-2-4-13(11)16/h2-4,9-10,17H,5-8H2,1H3,(H,18,19). The van der Waals surface area contributed by atoms with Gasteiger partial charge in [-0.05, 0) is 44.0 Å². The molecule has 3 nitrogen and oxygen atoms in total. The highest BCUT2D eigenvalue weighted by Gasteiger charge is 2.20. The predicted octanol–water partition coefficient (Wildman–Crippen LogP) is 2.79. The molecular weight excluding hydrogens is 283 g/mol. The van der Waals surface area contributed by atoms with Gasteiger partial charge in [-0.1, -0.05) is 29.3 Å². The van der Waals surface area contributed by atoms with Crippen molar-refractivity contribution in [3.8, 4) is 0 Å². The van der Waals surface area contributed by atoms with Gasteiger partial charge in [-0.25, -0.2) is 0 Å². The Morgan fingerprint density at radius 1 is 1.42 bits per heavy atom. The second kappa shape index (κ2) is 6.60. The van der Waals surface area contributed by atoms with E-state index in [2.05, 4.69) is 17.6 Å². The van der Waals surface area contributed by atoms with Crippen LogP contribution in [0.1, 0.15) is 25.3 Å². The first-order chi connectivity index (χ1) is 9.06. The molecule has 1 aliphatic heterocycles. The molecule has 1 fully saturated rings. The van der Waals surface area contributed by atoms with E-state index in [1.807, 2.05) is 0 Å². The Kier molecular flexibility index (Phi) is 5.08. The largest absolute Gasteiger partial charge is 0.353 e. The highest BCUT2D eigenvalue weighted by molar-refractivity contribution is 6.36. The summed E-state index contributed by atoms with van der Waals surface area (Å²) in [6.45, 7) is 3.07. The second-order valence-corrected chi connectivity index (χ2v) is 5.84. The van der Waals surface area contributed by atoms with E-state index in [1.165, 1.54) is 0 Å². The zero-order valence-corrected chi connectivity index (χ0v) is 12.4. The van der Waals surface area contributed by atoms with Gasteiger partial charge in [0, 0.05) is 22.1 Å². The molecule has 1 saturated heterocycles. The van der Waals surface area contributed by atoms with Crippen molar-refractivity contribution in [3.05, 3.63) is 33.8 Å². The van der Waals surface area contributed by atoms with Gasteiger partial charge in [-0.15, -0.1) is 0 Å². The van der Waals surface area contributed by atoms with Gasteiger partial charge in [-0.2, -0.15) is 0 Å². The maximum absolute atomic E-state index is 12.0. The molecule has 104 valence electrons. The Labute approximate surface area is 123 Å². The molecule has 19 heavy (non-hydrogen) atoms. The third kappa shape index (κ3) is 4.10. The highest BCUT2D eigenvalue weighted by Crippen LogP contribution is 2.24. The summed E-state index contributed by atoms with van der Waals surface area (Å²) in [5.41, 5.74) is 0.699. The van der Waals surface area contributed by atoms with Crippen molar-refractivity contribution < 1.29 is 4.79 Å². The lowest BCUT2D eigenvalue weighted by Crippen LogP contribution is -2.47. The third-order valence-corrected chi connectivity index (χ3v) is 4.10. The van der Waals surface area contributed by atoms with Crippen molar-refractivity contribution in [2.24, 2.45) is 0 Å². The average molecular weight is 301 g/mol. The Morgan fingerprint density at radius 3 is 2.74 bits per heavy atom. The highest BCUT2D eigenvalue weighted by atomic mass is 35.5. The van der Waals surface area contributed by atoms with Crippen LogP contribution in [0.15, 0.2) is 18.2 Å². The van der Waals surface area contributed by atoms with E-state index in [0.29, 0.717) is 21.7 Å². The lowest BCUT2D eigenvalue weighted by Gasteiger charge is -2.28. The first kappa shape index (κ1) is 14.6. The van der Waals surface area contributed by atoms with Gasteiger partial charge in [0.25, 0.3) is 0 Å². The van der Waals surface area contributed by atoms with Crippen molar-refractivity contribution in [1.29, 1.82) is 0 Å². The third-order valence-electron chi connectivity index (χ3n) is 3.39. The van der Waals surface area contributed by atoms with Crippen LogP contribution < -0.4 is 10.6 Å².